The molecule has 1 aromatic carbocycles. The molecule has 0 saturated carbocycles. The first-order valence-corrected chi connectivity index (χ1v) is 11.1. The van der Waals surface area contributed by atoms with Crippen molar-refractivity contribution in [3.8, 4) is 0 Å². The maximum atomic E-state index is 13.0. The van der Waals surface area contributed by atoms with Crippen molar-refractivity contribution in [1.82, 2.24) is 14.9 Å². The number of piperazine rings is 1. The number of alkyl halides is 3. The van der Waals surface area contributed by atoms with Crippen LogP contribution in [0.2, 0.25) is 0 Å². The summed E-state index contributed by atoms with van der Waals surface area (Å²) in [4.78, 5) is 27.4. The topological polar surface area (TPSA) is 65.7 Å². The highest BCUT2D eigenvalue weighted by atomic mass is 19.4. The van der Waals surface area contributed by atoms with E-state index in [1.807, 2.05) is 34.1 Å². The molecule has 0 N–H and O–H groups in total. The lowest BCUT2D eigenvalue weighted by molar-refractivity contribution is -0.138. The van der Waals surface area contributed by atoms with Gasteiger partial charge in [0.25, 0.3) is 6.01 Å². The molecule has 0 radical (unpaired) electrons. The number of benzene rings is 1. The monoisotopic (exact) mass is 459 g/mol. The molecule has 2 aliphatic heterocycles. The molecule has 5 rings (SSSR count). The number of rotatable bonds is 3. The van der Waals surface area contributed by atoms with Gasteiger partial charge in [-0.15, -0.1) is 0 Å². The zero-order chi connectivity index (χ0) is 23.0. The van der Waals surface area contributed by atoms with Crippen LogP contribution in [0.15, 0.2) is 47.0 Å². The van der Waals surface area contributed by atoms with Crippen molar-refractivity contribution in [3.05, 3.63) is 48.2 Å². The third-order valence-electron chi connectivity index (χ3n) is 6.39. The zero-order valence-electron chi connectivity index (χ0n) is 18.0. The number of anilines is 2. The van der Waals surface area contributed by atoms with Gasteiger partial charge in [0.2, 0.25) is 5.91 Å². The molecule has 7 nitrogen and oxygen atoms in total. The Labute approximate surface area is 188 Å². The second-order valence-corrected chi connectivity index (χ2v) is 8.44. The number of hydrogen-bond donors (Lipinski definition) is 0. The summed E-state index contributed by atoms with van der Waals surface area (Å²) in [6.07, 6.45) is -2.07. The number of amides is 1. The van der Waals surface area contributed by atoms with Gasteiger partial charge in [-0.2, -0.15) is 18.2 Å². The number of piperidine rings is 1. The highest BCUT2D eigenvalue weighted by Gasteiger charge is 2.33. The van der Waals surface area contributed by atoms with Gasteiger partial charge in [-0.25, -0.2) is 4.98 Å². The molecular weight excluding hydrogens is 435 g/mol. The average molecular weight is 459 g/mol. The molecule has 0 bridgehead atoms. The second-order valence-electron chi connectivity index (χ2n) is 8.44. The largest absolute Gasteiger partial charge is 0.423 e. The van der Waals surface area contributed by atoms with Gasteiger partial charge in [-0.3, -0.25) is 4.79 Å². The highest BCUT2D eigenvalue weighted by Crippen LogP contribution is 2.30. The first-order valence-electron chi connectivity index (χ1n) is 11.1. The molecule has 3 aromatic rings. The molecule has 0 spiro atoms. The molecule has 0 unspecified atom stereocenters. The Morgan fingerprint density at radius 1 is 0.939 bits per heavy atom. The number of nitrogens with zero attached hydrogens (tertiary/aromatic N) is 5. The SMILES string of the molecule is O=C(C1CCN(c2nc3ccccc3o2)CC1)N1CCN(c2ccc(C(F)(F)F)cn2)CC1. The van der Waals surface area contributed by atoms with Gasteiger partial charge in [0.15, 0.2) is 5.58 Å². The fourth-order valence-corrected chi connectivity index (χ4v) is 4.47. The summed E-state index contributed by atoms with van der Waals surface area (Å²) in [7, 11) is 0. The van der Waals surface area contributed by atoms with Crippen molar-refractivity contribution in [2.24, 2.45) is 5.92 Å². The molecule has 10 heteroatoms. The van der Waals surface area contributed by atoms with Crippen molar-refractivity contribution < 1.29 is 22.4 Å². The molecule has 0 aliphatic carbocycles. The number of aromatic nitrogens is 2. The zero-order valence-corrected chi connectivity index (χ0v) is 18.0. The Bertz CT molecular complexity index is 1080. The molecule has 174 valence electrons. The van der Waals surface area contributed by atoms with Crippen LogP contribution in [0, 0.1) is 5.92 Å². The van der Waals surface area contributed by atoms with Crippen LogP contribution >= 0.6 is 0 Å². The summed E-state index contributed by atoms with van der Waals surface area (Å²) >= 11 is 0. The number of carbonyl (C=O) groups excluding carboxylic acids is 1. The fraction of sp³-hybridized carbons (Fsp3) is 0.435. The molecule has 33 heavy (non-hydrogen) atoms. The van der Waals surface area contributed by atoms with Gasteiger partial charge in [-0.05, 0) is 37.1 Å². The molecule has 2 saturated heterocycles. The number of oxazole rings is 1. The van der Waals surface area contributed by atoms with E-state index < -0.39 is 11.7 Å². The van der Waals surface area contributed by atoms with E-state index in [0.717, 1.165) is 36.2 Å². The Morgan fingerprint density at radius 2 is 1.67 bits per heavy atom. The Morgan fingerprint density at radius 3 is 2.30 bits per heavy atom. The minimum absolute atomic E-state index is 0.0404. The van der Waals surface area contributed by atoms with Crippen molar-refractivity contribution in [3.63, 3.8) is 0 Å². The first-order chi connectivity index (χ1) is 15.9. The maximum Gasteiger partial charge on any atom is 0.417 e. The third kappa shape index (κ3) is 4.46. The summed E-state index contributed by atoms with van der Waals surface area (Å²) < 4.78 is 44.1. The lowest BCUT2D eigenvalue weighted by Crippen LogP contribution is -2.52. The van der Waals surface area contributed by atoms with Gasteiger partial charge in [0, 0.05) is 51.4 Å². The van der Waals surface area contributed by atoms with E-state index in [2.05, 4.69) is 14.9 Å². The fourth-order valence-electron chi connectivity index (χ4n) is 4.47. The molecule has 2 aliphatic rings. The molecule has 2 aromatic heterocycles. The number of hydrogen-bond acceptors (Lipinski definition) is 6. The van der Waals surface area contributed by atoms with Crippen LogP contribution in [-0.2, 0) is 11.0 Å². The summed E-state index contributed by atoms with van der Waals surface area (Å²) in [6.45, 7) is 3.58. The number of pyridine rings is 1. The summed E-state index contributed by atoms with van der Waals surface area (Å²) in [6, 6.07) is 10.7. The van der Waals surface area contributed by atoms with Crippen molar-refractivity contribution in [1.29, 1.82) is 0 Å². The van der Waals surface area contributed by atoms with Gasteiger partial charge >= 0.3 is 6.18 Å². The number of para-hydroxylation sites is 2. The highest BCUT2D eigenvalue weighted by molar-refractivity contribution is 5.79. The Balaban J connectivity index is 1.13. The summed E-state index contributed by atoms with van der Waals surface area (Å²) in [5, 5.41) is 0. The first kappa shape index (κ1) is 21.5. The van der Waals surface area contributed by atoms with Crippen LogP contribution in [0.3, 0.4) is 0 Å². The lowest BCUT2D eigenvalue weighted by Gasteiger charge is -2.38. The van der Waals surface area contributed by atoms with E-state index in [1.165, 1.54) is 6.07 Å². The summed E-state index contributed by atoms with van der Waals surface area (Å²) in [5.41, 5.74) is 0.821. The van der Waals surface area contributed by atoms with Crippen molar-refractivity contribution >= 4 is 28.8 Å². The average Bonchev–Trinajstić information content (AvgIpc) is 3.28. The third-order valence-corrected chi connectivity index (χ3v) is 6.39. The molecular formula is C23H24F3N5O2. The van der Waals surface area contributed by atoms with Gasteiger partial charge in [0.1, 0.15) is 11.3 Å². The van der Waals surface area contributed by atoms with Gasteiger partial charge in [-0.1, -0.05) is 12.1 Å². The molecule has 0 atom stereocenters. The minimum atomic E-state index is -4.40. The van der Waals surface area contributed by atoms with E-state index in [1.54, 1.807) is 0 Å². The number of carbonyl (C=O) groups is 1. The van der Waals surface area contributed by atoms with E-state index in [0.29, 0.717) is 51.1 Å². The Kier molecular flexibility index (Phi) is 5.59. The normalized spacial score (nSPS) is 18.2. The smallest absolute Gasteiger partial charge is 0.417 e. The van der Waals surface area contributed by atoms with Crippen LogP contribution in [-0.4, -0.2) is 60.0 Å². The van der Waals surface area contributed by atoms with E-state index in [9.17, 15) is 18.0 Å². The van der Waals surface area contributed by atoms with Crippen LogP contribution < -0.4 is 9.80 Å². The van der Waals surface area contributed by atoms with Gasteiger partial charge < -0.3 is 19.1 Å². The predicted octanol–water partition coefficient (Wildman–Crippen LogP) is 3.81. The number of fused-ring (bicyclic) bond motifs is 1. The van der Waals surface area contributed by atoms with Crippen LogP contribution in [0.1, 0.15) is 18.4 Å². The maximum absolute atomic E-state index is 13.0. The molecule has 1 amide bonds. The van der Waals surface area contributed by atoms with Crippen LogP contribution in [0.25, 0.3) is 11.1 Å². The standard InChI is InChI=1S/C23H24F3N5O2/c24-23(25,26)17-5-6-20(27-15-17)29-11-13-30(14-12-29)21(32)16-7-9-31(10-8-16)22-28-18-3-1-2-4-19(18)33-22/h1-6,15-16H,7-14H2. The summed E-state index contributed by atoms with van der Waals surface area (Å²) in [5.74, 6) is 0.607. The predicted molar refractivity (Wildman–Crippen MR) is 117 cm³/mol. The van der Waals surface area contributed by atoms with Crippen molar-refractivity contribution in [2.75, 3.05) is 49.1 Å². The van der Waals surface area contributed by atoms with Crippen LogP contribution in [0.5, 0.6) is 0 Å². The van der Waals surface area contributed by atoms with Crippen LogP contribution in [0.4, 0.5) is 25.0 Å². The molecule has 2 fully saturated rings. The van der Waals surface area contributed by atoms with E-state index >= 15 is 0 Å². The lowest BCUT2D eigenvalue weighted by atomic mass is 9.95. The molecule has 4 heterocycles. The van der Waals surface area contributed by atoms with E-state index in [-0.39, 0.29) is 11.8 Å². The van der Waals surface area contributed by atoms with Crippen molar-refractivity contribution in [2.45, 2.75) is 19.0 Å². The van der Waals surface area contributed by atoms with Gasteiger partial charge in [0.05, 0.1) is 5.56 Å². The van der Waals surface area contributed by atoms with E-state index in [4.69, 9.17) is 4.42 Å². The minimum Gasteiger partial charge on any atom is -0.423 e. The second kappa shape index (κ2) is 8.57. The number of halogens is 3. The Hall–Kier alpha value is -3.30. The quantitative estimate of drug-likeness (QED) is 0.594.